The fourth-order valence-electron chi connectivity index (χ4n) is 1.73. The van der Waals surface area contributed by atoms with E-state index in [1.165, 1.54) is 0 Å². The highest BCUT2D eigenvalue weighted by Crippen LogP contribution is 2.08. The van der Waals surface area contributed by atoms with Gasteiger partial charge in [0.25, 0.3) is 5.91 Å². The third kappa shape index (κ3) is 2.55. The van der Waals surface area contributed by atoms with Crippen molar-refractivity contribution in [3.05, 3.63) is 35.4 Å². The van der Waals surface area contributed by atoms with Gasteiger partial charge in [0.2, 0.25) is 0 Å². The molecule has 1 saturated heterocycles. The van der Waals surface area contributed by atoms with Crippen molar-refractivity contribution in [2.75, 3.05) is 13.1 Å². The second kappa shape index (κ2) is 4.57. The topological polar surface area (TPSA) is 41.1 Å². The van der Waals surface area contributed by atoms with E-state index in [0.717, 1.165) is 31.2 Å². The lowest BCUT2D eigenvalue weighted by Gasteiger charge is -2.11. The molecule has 1 aromatic rings. The molecule has 2 N–H and O–H groups in total. The summed E-state index contributed by atoms with van der Waals surface area (Å²) < 4.78 is 25.7. The summed E-state index contributed by atoms with van der Waals surface area (Å²) in [7, 11) is 0. The molecule has 2 rings (SSSR count). The van der Waals surface area contributed by atoms with Crippen LogP contribution in [-0.4, -0.2) is 25.0 Å². The van der Waals surface area contributed by atoms with E-state index in [-0.39, 0.29) is 11.6 Å². The maximum Gasteiger partial charge on any atom is 0.251 e. The van der Waals surface area contributed by atoms with Crippen LogP contribution in [0.4, 0.5) is 8.78 Å². The van der Waals surface area contributed by atoms with Gasteiger partial charge in [0.15, 0.2) is 0 Å². The van der Waals surface area contributed by atoms with Crippen LogP contribution in [0.5, 0.6) is 0 Å². The first-order valence-corrected chi connectivity index (χ1v) is 5.13. The van der Waals surface area contributed by atoms with E-state index in [1.54, 1.807) is 0 Å². The summed E-state index contributed by atoms with van der Waals surface area (Å²) in [5.41, 5.74) is 0.0180. The van der Waals surface area contributed by atoms with E-state index in [1.807, 2.05) is 0 Å². The number of rotatable bonds is 2. The molecule has 0 unspecified atom stereocenters. The van der Waals surface area contributed by atoms with E-state index in [0.29, 0.717) is 6.54 Å². The molecule has 0 saturated carbocycles. The molecule has 1 amide bonds. The van der Waals surface area contributed by atoms with Gasteiger partial charge < -0.3 is 10.6 Å². The Morgan fingerprint density at radius 1 is 1.31 bits per heavy atom. The molecule has 0 aliphatic carbocycles. The zero-order chi connectivity index (χ0) is 11.5. The summed E-state index contributed by atoms with van der Waals surface area (Å²) in [6.45, 7) is 1.55. The Morgan fingerprint density at radius 3 is 2.56 bits per heavy atom. The van der Waals surface area contributed by atoms with Crippen molar-refractivity contribution in [3.8, 4) is 0 Å². The summed E-state index contributed by atoms with van der Waals surface area (Å²) in [6, 6.07) is 2.84. The van der Waals surface area contributed by atoms with Crippen molar-refractivity contribution in [2.24, 2.45) is 0 Å². The number of amides is 1. The van der Waals surface area contributed by atoms with E-state index < -0.39 is 17.5 Å². The number of nitrogens with one attached hydrogen (secondary N) is 2. The Hall–Kier alpha value is -1.49. The van der Waals surface area contributed by atoms with Crippen LogP contribution in [0.2, 0.25) is 0 Å². The minimum atomic E-state index is -0.741. The van der Waals surface area contributed by atoms with Crippen LogP contribution >= 0.6 is 0 Å². The van der Waals surface area contributed by atoms with Crippen molar-refractivity contribution in [1.29, 1.82) is 0 Å². The van der Waals surface area contributed by atoms with Crippen LogP contribution in [0, 0.1) is 11.6 Å². The SMILES string of the molecule is O=C(N[C@H]1CCNC1)c1cc(F)cc(F)c1. The Morgan fingerprint density at radius 2 is 2.00 bits per heavy atom. The minimum Gasteiger partial charge on any atom is -0.348 e. The molecule has 1 atom stereocenters. The van der Waals surface area contributed by atoms with Gasteiger partial charge in [-0.2, -0.15) is 0 Å². The predicted molar refractivity (Wildman–Crippen MR) is 55.1 cm³/mol. The standard InChI is InChI=1S/C11H12F2N2O/c12-8-3-7(4-9(13)5-8)11(16)15-10-1-2-14-6-10/h3-5,10,14H,1-2,6H2,(H,15,16)/t10-/m0/s1. The fourth-order valence-corrected chi connectivity index (χ4v) is 1.73. The number of hydrogen-bond acceptors (Lipinski definition) is 2. The zero-order valence-corrected chi connectivity index (χ0v) is 8.59. The number of benzene rings is 1. The average Bonchev–Trinajstić information content (AvgIpc) is 2.68. The Kier molecular flexibility index (Phi) is 3.14. The third-order valence-corrected chi connectivity index (χ3v) is 2.52. The number of carbonyl (C=O) groups is 1. The molecular weight excluding hydrogens is 214 g/mol. The molecule has 0 spiro atoms. The largest absolute Gasteiger partial charge is 0.348 e. The van der Waals surface area contributed by atoms with Gasteiger partial charge in [0.1, 0.15) is 11.6 Å². The molecule has 3 nitrogen and oxygen atoms in total. The molecule has 1 aliphatic heterocycles. The van der Waals surface area contributed by atoms with Crippen molar-refractivity contribution < 1.29 is 13.6 Å². The van der Waals surface area contributed by atoms with Crippen LogP contribution in [0.15, 0.2) is 18.2 Å². The molecule has 0 aromatic heterocycles. The molecule has 1 aliphatic rings. The Labute approximate surface area is 91.8 Å². The van der Waals surface area contributed by atoms with E-state index in [4.69, 9.17) is 0 Å². The monoisotopic (exact) mass is 226 g/mol. The van der Waals surface area contributed by atoms with Gasteiger partial charge in [-0.1, -0.05) is 0 Å². The zero-order valence-electron chi connectivity index (χ0n) is 8.59. The first kappa shape index (κ1) is 11.0. The summed E-state index contributed by atoms with van der Waals surface area (Å²) in [5.74, 6) is -1.92. The van der Waals surface area contributed by atoms with Gasteiger partial charge in [0.05, 0.1) is 0 Å². The summed E-state index contributed by atoms with van der Waals surface area (Å²) in [5, 5.41) is 5.80. The van der Waals surface area contributed by atoms with Gasteiger partial charge in [0, 0.05) is 24.2 Å². The smallest absolute Gasteiger partial charge is 0.251 e. The first-order chi connectivity index (χ1) is 7.65. The van der Waals surface area contributed by atoms with Gasteiger partial charge >= 0.3 is 0 Å². The van der Waals surface area contributed by atoms with E-state index in [2.05, 4.69) is 10.6 Å². The molecule has 86 valence electrons. The van der Waals surface area contributed by atoms with Crippen LogP contribution in [0.25, 0.3) is 0 Å². The highest BCUT2D eigenvalue weighted by molar-refractivity contribution is 5.94. The maximum absolute atomic E-state index is 12.9. The van der Waals surface area contributed by atoms with Gasteiger partial charge in [-0.15, -0.1) is 0 Å². The Balaban J connectivity index is 2.07. The Bertz CT molecular complexity index is 383. The van der Waals surface area contributed by atoms with Crippen LogP contribution < -0.4 is 10.6 Å². The molecule has 1 aromatic carbocycles. The molecular formula is C11H12F2N2O. The lowest BCUT2D eigenvalue weighted by atomic mass is 10.1. The van der Waals surface area contributed by atoms with Crippen LogP contribution in [0.1, 0.15) is 16.8 Å². The maximum atomic E-state index is 12.9. The molecule has 0 radical (unpaired) electrons. The quantitative estimate of drug-likeness (QED) is 0.791. The molecule has 1 fully saturated rings. The van der Waals surface area contributed by atoms with Crippen molar-refractivity contribution in [3.63, 3.8) is 0 Å². The van der Waals surface area contributed by atoms with Crippen molar-refractivity contribution in [2.45, 2.75) is 12.5 Å². The van der Waals surface area contributed by atoms with Crippen LogP contribution in [-0.2, 0) is 0 Å². The summed E-state index contributed by atoms with van der Waals surface area (Å²) >= 11 is 0. The summed E-state index contributed by atoms with van der Waals surface area (Å²) in [6.07, 6.45) is 0.837. The van der Waals surface area contributed by atoms with Gasteiger partial charge in [-0.05, 0) is 25.1 Å². The average molecular weight is 226 g/mol. The minimum absolute atomic E-state index is 0.0180. The first-order valence-electron chi connectivity index (χ1n) is 5.13. The van der Waals surface area contributed by atoms with E-state index in [9.17, 15) is 13.6 Å². The summed E-state index contributed by atoms with van der Waals surface area (Å²) in [4.78, 5) is 11.6. The van der Waals surface area contributed by atoms with Crippen LogP contribution in [0.3, 0.4) is 0 Å². The lowest BCUT2D eigenvalue weighted by Crippen LogP contribution is -2.36. The number of carbonyl (C=O) groups excluding carboxylic acids is 1. The molecule has 16 heavy (non-hydrogen) atoms. The second-order valence-corrected chi connectivity index (χ2v) is 3.82. The fraction of sp³-hybridized carbons (Fsp3) is 0.364. The van der Waals surface area contributed by atoms with Crippen molar-refractivity contribution >= 4 is 5.91 Å². The highest BCUT2D eigenvalue weighted by atomic mass is 19.1. The van der Waals surface area contributed by atoms with Gasteiger partial charge in [-0.3, -0.25) is 4.79 Å². The molecule has 0 bridgehead atoms. The highest BCUT2D eigenvalue weighted by Gasteiger charge is 2.18. The predicted octanol–water partition coefficient (Wildman–Crippen LogP) is 1.06. The normalized spacial score (nSPS) is 19.8. The third-order valence-electron chi connectivity index (χ3n) is 2.52. The second-order valence-electron chi connectivity index (χ2n) is 3.82. The van der Waals surface area contributed by atoms with Crippen molar-refractivity contribution in [1.82, 2.24) is 10.6 Å². The molecule has 1 heterocycles. The molecule has 5 heteroatoms. The number of hydrogen-bond donors (Lipinski definition) is 2. The van der Waals surface area contributed by atoms with Gasteiger partial charge in [-0.25, -0.2) is 8.78 Å². The number of halogens is 2. The lowest BCUT2D eigenvalue weighted by molar-refractivity contribution is 0.0939. The van der Waals surface area contributed by atoms with E-state index >= 15 is 0 Å².